The molecule has 2 saturated heterocycles. The molecule has 2 N–H and O–H groups in total. The number of nitrogens with zero attached hydrogens (tertiary/aromatic N) is 8. The lowest BCUT2D eigenvalue weighted by atomic mass is 9.92. The van der Waals surface area contributed by atoms with Crippen molar-refractivity contribution in [1.29, 1.82) is 5.26 Å². The molecular weight excluding hydrogens is 492 g/mol. The van der Waals surface area contributed by atoms with E-state index in [0.29, 0.717) is 46.9 Å². The van der Waals surface area contributed by atoms with Crippen LogP contribution in [0.4, 0.5) is 29.0 Å². The zero-order valence-electron chi connectivity index (χ0n) is 20.7. The molecular formula is C25H27ClN10O. The SMILES string of the molecule is [C-]#[N+]c1cnc2c(NC3CC3)nc(Nc3cc(C#N)cc(N4CCN5CC(C)(C)CO[C@@H]5C4)c3Cl)nn12. The molecule has 4 heterocycles. The number of anilines is 4. The van der Waals surface area contributed by atoms with E-state index in [9.17, 15) is 5.26 Å². The first-order chi connectivity index (χ1) is 17.8. The van der Waals surface area contributed by atoms with Crippen molar-refractivity contribution in [1.82, 2.24) is 24.5 Å². The molecule has 1 aliphatic carbocycles. The highest BCUT2D eigenvalue weighted by Crippen LogP contribution is 2.38. The lowest BCUT2D eigenvalue weighted by Gasteiger charge is -2.49. The summed E-state index contributed by atoms with van der Waals surface area (Å²) in [7, 11) is 0. The summed E-state index contributed by atoms with van der Waals surface area (Å²) in [5, 5.41) is 21.3. The molecule has 3 fully saturated rings. The third kappa shape index (κ3) is 4.62. The average Bonchev–Trinajstić information content (AvgIpc) is 3.60. The Balaban J connectivity index is 1.32. The van der Waals surface area contributed by atoms with Gasteiger partial charge in [-0.3, -0.25) is 4.90 Å². The van der Waals surface area contributed by atoms with Gasteiger partial charge in [0.2, 0.25) is 0 Å². The normalized spacial score (nSPS) is 21.2. The Labute approximate surface area is 219 Å². The summed E-state index contributed by atoms with van der Waals surface area (Å²) >= 11 is 6.92. The zero-order valence-corrected chi connectivity index (χ0v) is 21.5. The van der Waals surface area contributed by atoms with Crippen molar-refractivity contribution in [3.8, 4) is 6.07 Å². The molecule has 0 bridgehead atoms. The summed E-state index contributed by atoms with van der Waals surface area (Å²) in [6, 6.07) is 6.08. The number of halogens is 1. The van der Waals surface area contributed by atoms with Gasteiger partial charge >= 0.3 is 0 Å². The topological polar surface area (TPSA) is 111 Å². The van der Waals surface area contributed by atoms with Crippen molar-refractivity contribution < 1.29 is 4.74 Å². The maximum absolute atomic E-state index is 9.76. The number of fused-ring (bicyclic) bond motifs is 2. The minimum Gasteiger partial charge on any atom is -0.365 e. The number of hydrogen-bond acceptors (Lipinski definition) is 9. The van der Waals surface area contributed by atoms with Gasteiger partial charge in [-0.1, -0.05) is 37.1 Å². The fourth-order valence-corrected chi connectivity index (χ4v) is 5.17. The van der Waals surface area contributed by atoms with Crippen LogP contribution in [0.15, 0.2) is 18.3 Å². The van der Waals surface area contributed by atoms with E-state index in [1.165, 1.54) is 10.7 Å². The fourth-order valence-electron chi connectivity index (χ4n) is 4.90. The van der Waals surface area contributed by atoms with E-state index in [1.807, 2.05) is 6.07 Å². The number of imidazole rings is 1. The molecule has 6 rings (SSSR count). The van der Waals surface area contributed by atoms with Crippen LogP contribution in [-0.2, 0) is 4.74 Å². The lowest BCUT2D eigenvalue weighted by molar-refractivity contribution is -0.146. The molecule has 11 nitrogen and oxygen atoms in total. The summed E-state index contributed by atoms with van der Waals surface area (Å²) in [5.74, 6) is 1.09. The Hall–Kier alpha value is -3.64. The Morgan fingerprint density at radius 2 is 2.14 bits per heavy atom. The Morgan fingerprint density at radius 3 is 2.89 bits per heavy atom. The second-order valence-electron chi connectivity index (χ2n) is 10.6. The Bertz CT molecular complexity index is 1450. The van der Waals surface area contributed by atoms with Gasteiger partial charge in [0, 0.05) is 31.1 Å². The number of nitrogens with one attached hydrogen (secondary N) is 2. The first-order valence-electron chi connectivity index (χ1n) is 12.3. The summed E-state index contributed by atoms with van der Waals surface area (Å²) in [5.41, 5.74) is 2.37. The summed E-state index contributed by atoms with van der Waals surface area (Å²) in [6.45, 7) is 15.9. The van der Waals surface area contributed by atoms with Gasteiger partial charge in [-0.15, -0.1) is 4.52 Å². The van der Waals surface area contributed by atoms with Crippen molar-refractivity contribution in [2.24, 2.45) is 5.41 Å². The van der Waals surface area contributed by atoms with Gasteiger partial charge in [0.05, 0.1) is 47.4 Å². The van der Waals surface area contributed by atoms with Crippen LogP contribution in [0, 0.1) is 23.3 Å². The highest BCUT2D eigenvalue weighted by atomic mass is 35.5. The van der Waals surface area contributed by atoms with Crippen LogP contribution in [0.25, 0.3) is 10.5 Å². The summed E-state index contributed by atoms with van der Waals surface area (Å²) in [4.78, 5) is 17.0. The number of nitriles is 1. The van der Waals surface area contributed by atoms with Gasteiger partial charge in [-0.25, -0.2) is 4.98 Å². The molecule has 12 heteroatoms. The number of aromatic nitrogens is 4. The number of piperazine rings is 1. The molecule has 1 atom stereocenters. The van der Waals surface area contributed by atoms with E-state index < -0.39 is 0 Å². The Kier molecular flexibility index (Phi) is 5.80. The molecule has 0 spiro atoms. The number of hydrogen-bond donors (Lipinski definition) is 2. The maximum Gasteiger partial charge on any atom is 0.275 e. The molecule has 1 saturated carbocycles. The van der Waals surface area contributed by atoms with Gasteiger partial charge in [0.1, 0.15) is 6.23 Å². The van der Waals surface area contributed by atoms with Gasteiger partial charge in [0.15, 0.2) is 5.82 Å². The predicted octanol–water partition coefficient (Wildman–Crippen LogP) is 4.02. The van der Waals surface area contributed by atoms with E-state index in [1.54, 1.807) is 6.07 Å². The lowest BCUT2D eigenvalue weighted by Crippen LogP contribution is -2.60. The predicted molar refractivity (Wildman–Crippen MR) is 140 cm³/mol. The highest BCUT2D eigenvalue weighted by molar-refractivity contribution is 6.36. The Morgan fingerprint density at radius 1 is 1.30 bits per heavy atom. The van der Waals surface area contributed by atoms with Crippen LogP contribution < -0.4 is 15.5 Å². The second-order valence-corrected chi connectivity index (χ2v) is 11.0. The van der Waals surface area contributed by atoms with Gasteiger partial charge < -0.3 is 25.1 Å². The molecule has 2 aliphatic heterocycles. The van der Waals surface area contributed by atoms with E-state index in [2.05, 4.69) is 60.3 Å². The van der Waals surface area contributed by atoms with Crippen molar-refractivity contribution in [2.45, 2.75) is 39.0 Å². The van der Waals surface area contributed by atoms with Crippen molar-refractivity contribution in [3.05, 3.63) is 40.3 Å². The van der Waals surface area contributed by atoms with Crippen LogP contribution in [0.1, 0.15) is 32.3 Å². The van der Waals surface area contributed by atoms with E-state index in [4.69, 9.17) is 22.9 Å². The van der Waals surface area contributed by atoms with Crippen molar-refractivity contribution in [2.75, 3.05) is 48.3 Å². The van der Waals surface area contributed by atoms with Gasteiger partial charge in [-0.05, 0) is 25.0 Å². The summed E-state index contributed by atoms with van der Waals surface area (Å²) < 4.78 is 7.65. The third-order valence-electron chi connectivity index (χ3n) is 6.89. The standard InChI is InChI=1S/C25H27ClN10O/c1-25(2)13-35-7-6-34(12-20(35)37-14-25)18-9-15(10-27)8-17(21(18)26)31-24-32-22(30-16-4-5-16)23-29-11-19(28-3)36(23)33-24/h8-9,11,16,20H,4-7,12-14H2,1-2H3,(H2,30,31,32,33)/t20-/m1/s1. The molecule has 3 aromatic rings. The second kappa shape index (κ2) is 9.03. The van der Waals surface area contributed by atoms with E-state index >= 15 is 0 Å². The van der Waals surface area contributed by atoms with E-state index in [-0.39, 0.29) is 23.4 Å². The minimum atomic E-state index is -0.0184. The molecule has 0 radical (unpaired) electrons. The largest absolute Gasteiger partial charge is 0.365 e. The average molecular weight is 519 g/mol. The minimum absolute atomic E-state index is 0.0184. The van der Waals surface area contributed by atoms with Crippen LogP contribution in [0.5, 0.6) is 0 Å². The molecule has 37 heavy (non-hydrogen) atoms. The van der Waals surface area contributed by atoms with E-state index in [0.717, 1.165) is 38.2 Å². The molecule has 1 aromatic carbocycles. The van der Waals surface area contributed by atoms with Crippen LogP contribution in [0.2, 0.25) is 5.02 Å². The fraction of sp³-hybridized carbons (Fsp3) is 0.480. The first kappa shape index (κ1) is 23.7. The zero-order chi connectivity index (χ0) is 25.7. The first-order valence-corrected chi connectivity index (χ1v) is 12.7. The quantitative estimate of drug-likeness (QED) is 0.483. The highest BCUT2D eigenvalue weighted by Gasteiger charge is 2.38. The monoisotopic (exact) mass is 518 g/mol. The van der Waals surface area contributed by atoms with Gasteiger partial charge in [-0.2, -0.15) is 10.2 Å². The molecule has 3 aliphatic rings. The smallest absolute Gasteiger partial charge is 0.275 e. The van der Waals surface area contributed by atoms with Crippen molar-refractivity contribution >= 4 is 46.2 Å². The van der Waals surface area contributed by atoms with Gasteiger partial charge in [0.25, 0.3) is 17.4 Å². The van der Waals surface area contributed by atoms with Crippen LogP contribution in [-0.4, -0.2) is 69.5 Å². The van der Waals surface area contributed by atoms with Crippen molar-refractivity contribution in [3.63, 3.8) is 0 Å². The summed E-state index contributed by atoms with van der Waals surface area (Å²) in [6.07, 6.45) is 3.58. The maximum atomic E-state index is 9.76. The number of benzene rings is 1. The molecule has 0 amide bonds. The molecule has 0 unspecified atom stereocenters. The number of ether oxygens (including phenoxy) is 1. The van der Waals surface area contributed by atoms with Crippen LogP contribution >= 0.6 is 11.6 Å². The van der Waals surface area contributed by atoms with Crippen LogP contribution in [0.3, 0.4) is 0 Å². The number of rotatable bonds is 5. The molecule has 2 aromatic heterocycles. The third-order valence-corrected chi connectivity index (χ3v) is 7.28. The molecule has 190 valence electrons.